The van der Waals surface area contributed by atoms with Gasteiger partial charge in [0.1, 0.15) is 9.71 Å². The zero-order valence-electron chi connectivity index (χ0n) is 15.9. The number of nitrogens with zero attached hydrogens (tertiary/aromatic N) is 2. The molecule has 0 bridgehead atoms. The third kappa shape index (κ3) is 3.82. The van der Waals surface area contributed by atoms with Gasteiger partial charge in [0, 0.05) is 0 Å². The van der Waals surface area contributed by atoms with Gasteiger partial charge in [-0.25, -0.2) is 14.6 Å². The molecule has 146 valence electrons. The van der Waals surface area contributed by atoms with Gasteiger partial charge in [-0.15, -0.1) is 11.3 Å². The van der Waals surface area contributed by atoms with E-state index in [1.165, 1.54) is 10.9 Å². The molecule has 2 heterocycles. The first-order valence-electron chi connectivity index (χ1n) is 8.88. The number of hydrogen-bond donors (Lipinski definition) is 0. The second-order valence-electron chi connectivity index (χ2n) is 6.05. The molecular formula is C20H20N2O5S. The standard InChI is InChI=1S/C20H20N2O5S/c1-4-26-19(24)14-8-6-13(7-9-14)10-22-11-21-17-15(18(22)23)12(3)16(28-17)20(25)27-5-2/h6-9,11H,4-5,10H2,1-3H3. The van der Waals surface area contributed by atoms with Crippen LogP contribution in [0, 0.1) is 6.92 Å². The second kappa shape index (κ2) is 8.35. The Morgan fingerprint density at radius 3 is 2.36 bits per heavy atom. The molecule has 3 aromatic rings. The molecule has 8 heteroatoms. The number of benzene rings is 1. The highest BCUT2D eigenvalue weighted by Gasteiger charge is 2.20. The Labute approximate surface area is 165 Å². The molecule has 1 aromatic carbocycles. The van der Waals surface area contributed by atoms with Crippen LogP contribution < -0.4 is 5.56 Å². The van der Waals surface area contributed by atoms with Crippen LogP contribution >= 0.6 is 11.3 Å². The van der Waals surface area contributed by atoms with E-state index < -0.39 is 5.97 Å². The smallest absolute Gasteiger partial charge is 0.348 e. The average Bonchev–Trinajstić information content (AvgIpc) is 3.02. The molecule has 0 saturated carbocycles. The fourth-order valence-corrected chi connectivity index (χ4v) is 3.85. The summed E-state index contributed by atoms with van der Waals surface area (Å²) in [6.07, 6.45) is 1.47. The van der Waals surface area contributed by atoms with Gasteiger partial charge in [-0.2, -0.15) is 0 Å². The summed E-state index contributed by atoms with van der Waals surface area (Å²) >= 11 is 1.16. The second-order valence-corrected chi connectivity index (χ2v) is 7.05. The molecule has 0 atom stereocenters. The monoisotopic (exact) mass is 400 g/mol. The van der Waals surface area contributed by atoms with Crippen LogP contribution in [-0.2, 0) is 16.0 Å². The van der Waals surface area contributed by atoms with E-state index in [-0.39, 0.29) is 18.1 Å². The van der Waals surface area contributed by atoms with Crippen molar-refractivity contribution >= 4 is 33.5 Å². The van der Waals surface area contributed by atoms with E-state index in [4.69, 9.17) is 9.47 Å². The van der Waals surface area contributed by atoms with Gasteiger partial charge in [-0.05, 0) is 44.0 Å². The third-order valence-electron chi connectivity index (χ3n) is 4.20. The minimum Gasteiger partial charge on any atom is -0.462 e. The molecule has 0 fully saturated rings. The van der Waals surface area contributed by atoms with Crippen molar-refractivity contribution in [1.29, 1.82) is 0 Å². The summed E-state index contributed by atoms with van der Waals surface area (Å²) in [6.45, 7) is 6.10. The number of thiophene rings is 1. The quantitative estimate of drug-likeness (QED) is 0.591. The molecule has 0 spiro atoms. The molecule has 28 heavy (non-hydrogen) atoms. The zero-order valence-corrected chi connectivity index (χ0v) is 16.7. The van der Waals surface area contributed by atoms with Crippen LogP contribution in [0.3, 0.4) is 0 Å². The maximum absolute atomic E-state index is 12.9. The number of aromatic nitrogens is 2. The number of esters is 2. The minimum atomic E-state index is -0.441. The lowest BCUT2D eigenvalue weighted by molar-refractivity contribution is 0.0519. The van der Waals surface area contributed by atoms with Crippen molar-refractivity contribution in [2.45, 2.75) is 27.3 Å². The Balaban J connectivity index is 1.91. The lowest BCUT2D eigenvalue weighted by atomic mass is 10.1. The first kappa shape index (κ1) is 19.8. The molecular weight excluding hydrogens is 380 g/mol. The summed E-state index contributed by atoms with van der Waals surface area (Å²) in [7, 11) is 0. The zero-order chi connectivity index (χ0) is 20.3. The van der Waals surface area contributed by atoms with Crippen LogP contribution in [0.25, 0.3) is 10.2 Å². The Morgan fingerprint density at radius 2 is 1.71 bits per heavy atom. The Hall–Kier alpha value is -3.00. The van der Waals surface area contributed by atoms with Crippen molar-refractivity contribution in [2.24, 2.45) is 0 Å². The number of fused-ring (bicyclic) bond motifs is 1. The normalized spacial score (nSPS) is 10.8. The maximum Gasteiger partial charge on any atom is 0.348 e. The number of ether oxygens (including phenoxy) is 2. The number of carbonyl (C=O) groups is 2. The van der Waals surface area contributed by atoms with Crippen LogP contribution in [-0.4, -0.2) is 34.7 Å². The summed E-state index contributed by atoms with van der Waals surface area (Å²) < 4.78 is 11.5. The summed E-state index contributed by atoms with van der Waals surface area (Å²) in [4.78, 5) is 42.0. The fourth-order valence-electron chi connectivity index (χ4n) is 2.82. The van der Waals surface area contributed by atoms with Crippen molar-refractivity contribution in [1.82, 2.24) is 9.55 Å². The van der Waals surface area contributed by atoms with Crippen molar-refractivity contribution in [2.75, 3.05) is 13.2 Å². The summed E-state index contributed by atoms with van der Waals surface area (Å²) in [5, 5.41) is 0.429. The predicted octanol–water partition coefficient (Wildman–Crippen LogP) is 3.17. The van der Waals surface area contributed by atoms with Crippen molar-refractivity contribution in [3.8, 4) is 0 Å². The highest BCUT2D eigenvalue weighted by Crippen LogP contribution is 2.27. The van der Waals surface area contributed by atoms with E-state index in [1.807, 2.05) is 0 Å². The van der Waals surface area contributed by atoms with E-state index in [9.17, 15) is 14.4 Å². The molecule has 0 unspecified atom stereocenters. The van der Waals surface area contributed by atoms with Gasteiger partial charge in [-0.3, -0.25) is 9.36 Å². The molecule has 0 radical (unpaired) electrons. The third-order valence-corrected chi connectivity index (χ3v) is 5.38. The van der Waals surface area contributed by atoms with E-state index in [1.54, 1.807) is 45.0 Å². The Morgan fingerprint density at radius 1 is 1.07 bits per heavy atom. The average molecular weight is 400 g/mol. The topological polar surface area (TPSA) is 87.5 Å². The predicted molar refractivity (Wildman–Crippen MR) is 106 cm³/mol. The molecule has 3 rings (SSSR count). The first-order chi connectivity index (χ1) is 13.5. The number of carbonyl (C=O) groups excluding carboxylic acids is 2. The van der Waals surface area contributed by atoms with Crippen LogP contribution in [0.4, 0.5) is 0 Å². The lowest BCUT2D eigenvalue weighted by Crippen LogP contribution is -2.21. The van der Waals surface area contributed by atoms with Crippen LogP contribution in [0.15, 0.2) is 35.4 Å². The molecule has 7 nitrogen and oxygen atoms in total. The summed E-state index contributed by atoms with van der Waals surface area (Å²) in [5.74, 6) is -0.821. The van der Waals surface area contributed by atoms with Gasteiger partial charge in [-0.1, -0.05) is 12.1 Å². The number of hydrogen-bond acceptors (Lipinski definition) is 7. The molecule has 2 aromatic heterocycles. The maximum atomic E-state index is 12.9. The summed E-state index contributed by atoms with van der Waals surface area (Å²) in [6, 6.07) is 6.87. The molecule has 0 N–H and O–H groups in total. The molecule has 0 saturated heterocycles. The van der Waals surface area contributed by atoms with E-state index in [0.29, 0.717) is 39.4 Å². The van der Waals surface area contributed by atoms with E-state index >= 15 is 0 Å². The van der Waals surface area contributed by atoms with Crippen LogP contribution in [0.5, 0.6) is 0 Å². The molecule has 0 aliphatic rings. The number of aryl methyl sites for hydroxylation is 1. The largest absolute Gasteiger partial charge is 0.462 e. The Bertz CT molecular complexity index is 1080. The molecule has 0 amide bonds. The molecule has 0 aliphatic heterocycles. The van der Waals surface area contributed by atoms with Gasteiger partial charge >= 0.3 is 11.9 Å². The van der Waals surface area contributed by atoms with Crippen molar-refractivity contribution in [3.05, 3.63) is 62.5 Å². The van der Waals surface area contributed by atoms with Gasteiger partial charge in [0.2, 0.25) is 0 Å². The van der Waals surface area contributed by atoms with Gasteiger partial charge in [0.15, 0.2) is 0 Å². The first-order valence-corrected chi connectivity index (χ1v) is 9.69. The van der Waals surface area contributed by atoms with Crippen LogP contribution in [0.2, 0.25) is 0 Å². The van der Waals surface area contributed by atoms with Gasteiger partial charge < -0.3 is 9.47 Å². The summed E-state index contributed by atoms with van der Waals surface area (Å²) in [5.41, 5.74) is 1.67. The van der Waals surface area contributed by atoms with E-state index in [0.717, 1.165) is 16.9 Å². The van der Waals surface area contributed by atoms with E-state index in [2.05, 4.69) is 4.98 Å². The lowest BCUT2D eigenvalue weighted by Gasteiger charge is -2.07. The van der Waals surface area contributed by atoms with Crippen molar-refractivity contribution in [3.63, 3.8) is 0 Å². The highest BCUT2D eigenvalue weighted by molar-refractivity contribution is 7.20. The highest BCUT2D eigenvalue weighted by atomic mass is 32.1. The van der Waals surface area contributed by atoms with Gasteiger partial charge in [0.05, 0.1) is 37.0 Å². The minimum absolute atomic E-state index is 0.219. The molecule has 0 aliphatic carbocycles. The fraction of sp³-hybridized carbons (Fsp3) is 0.300. The van der Waals surface area contributed by atoms with Crippen molar-refractivity contribution < 1.29 is 19.1 Å². The van der Waals surface area contributed by atoms with Gasteiger partial charge in [0.25, 0.3) is 5.56 Å². The SMILES string of the molecule is CCOC(=O)c1ccc(Cn2cnc3sc(C(=O)OCC)c(C)c3c2=O)cc1. The van der Waals surface area contributed by atoms with Crippen LogP contribution in [0.1, 0.15) is 45.0 Å². The Kier molecular flexibility index (Phi) is 5.89. The number of rotatable bonds is 6.